The monoisotopic (exact) mass is 382 g/mol. The van der Waals surface area contributed by atoms with Crippen molar-refractivity contribution in [2.75, 3.05) is 0 Å². The van der Waals surface area contributed by atoms with E-state index in [1.165, 1.54) is 0 Å². The van der Waals surface area contributed by atoms with Crippen molar-refractivity contribution in [3.63, 3.8) is 0 Å². The molecule has 0 aliphatic heterocycles. The average Bonchev–Trinajstić information content (AvgIpc) is 2.70. The van der Waals surface area contributed by atoms with Crippen LogP contribution in [0.2, 0.25) is 0 Å². The van der Waals surface area contributed by atoms with Crippen molar-refractivity contribution in [2.45, 2.75) is 64.2 Å². The maximum Gasteiger partial charge on any atom is 0.318 e. The first kappa shape index (κ1) is 21.7. The van der Waals surface area contributed by atoms with Crippen molar-refractivity contribution in [3.8, 4) is 0 Å². The van der Waals surface area contributed by atoms with Gasteiger partial charge in [0.05, 0.1) is 0 Å². The molecule has 28 heavy (non-hydrogen) atoms. The molecule has 0 aliphatic carbocycles. The summed E-state index contributed by atoms with van der Waals surface area (Å²) in [6, 6.07) is 15.6. The molecule has 4 heteroatoms. The second-order valence-corrected chi connectivity index (χ2v) is 7.19. The molecule has 0 amide bonds. The molecule has 0 saturated heterocycles. The molecule has 0 spiro atoms. The van der Waals surface area contributed by atoms with Gasteiger partial charge in [0.2, 0.25) is 0 Å². The molecule has 0 aliphatic rings. The van der Waals surface area contributed by atoms with Gasteiger partial charge in [0.1, 0.15) is 5.41 Å². The molecule has 0 radical (unpaired) electrons. The molecule has 0 unspecified atom stereocenters. The molecular formula is C24H30O4. The Morgan fingerprint density at radius 3 is 1.71 bits per heavy atom. The summed E-state index contributed by atoms with van der Waals surface area (Å²) in [6.45, 7) is 4.09. The van der Waals surface area contributed by atoms with Gasteiger partial charge in [-0.25, -0.2) is 0 Å². The normalized spacial score (nSPS) is 11.4. The van der Waals surface area contributed by atoms with Crippen molar-refractivity contribution in [1.82, 2.24) is 0 Å². The minimum Gasteiger partial charge on any atom is -0.481 e. The highest BCUT2D eigenvalue weighted by Gasteiger charge is 2.43. The van der Waals surface area contributed by atoms with Crippen LogP contribution in [0, 0.1) is 0 Å². The zero-order valence-corrected chi connectivity index (χ0v) is 16.8. The van der Waals surface area contributed by atoms with Crippen LogP contribution in [0.5, 0.6) is 0 Å². The Bertz CT molecular complexity index is 762. The first-order chi connectivity index (χ1) is 13.5. The van der Waals surface area contributed by atoms with Crippen molar-refractivity contribution >= 4 is 11.9 Å². The van der Waals surface area contributed by atoms with Gasteiger partial charge >= 0.3 is 11.9 Å². The summed E-state index contributed by atoms with van der Waals surface area (Å²) >= 11 is 0. The van der Waals surface area contributed by atoms with Crippen LogP contribution in [0.15, 0.2) is 48.5 Å². The highest BCUT2D eigenvalue weighted by molar-refractivity contribution is 5.87. The predicted molar refractivity (Wildman–Crippen MR) is 111 cm³/mol. The number of unbranched alkanes of at least 4 members (excludes halogenated alkanes) is 2. The fraction of sp³-hybridized carbons (Fsp3) is 0.417. The molecule has 2 aromatic rings. The Morgan fingerprint density at radius 2 is 1.29 bits per heavy atom. The van der Waals surface area contributed by atoms with Gasteiger partial charge in [-0.15, -0.1) is 0 Å². The lowest BCUT2D eigenvalue weighted by Crippen LogP contribution is -2.39. The summed E-state index contributed by atoms with van der Waals surface area (Å²) in [5.74, 6) is -1.65. The number of carbonyl (C=O) groups is 2. The fourth-order valence-corrected chi connectivity index (χ4v) is 4.08. The van der Waals surface area contributed by atoms with E-state index < -0.39 is 17.4 Å². The first-order valence-electron chi connectivity index (χ1n) is 10.1. The third-order valence-corrected chi connectivity index (χ3v) is 5.52. The van der Waals surface area contributed by atoms with Crippen LogP contribution in [0.4, 0.5) is 0 Å². The van der Waals surface area contributed by atoms with Gasteiger partial charge in [0.15, 0.2) is 0 Å². The van der Waals surface area contributed by atoms with Crippen molar-refractivity contribution in [1.29, 1.82) is 0 Å². The van der Waals surface area contributed by atoms with Crippen LogP contribution in [0.1, 0.15) is 68.2 Å². The summed E-state index contributed by atoms with van der Waals surface area (Å²) in [5.41, 5.74) is 2.67. The molecule has 0 fully saturated rings. The van der Waals surface area contributed by atoms with E-state index in [9.17, 15) is 14.7 Å². The standard InChI is InChI=1S/C24H30O4/c1-3-18-12-7-9-14-20(18)24(23(27)28,17-11-5-6-16-22(25)26)21-15-10-8-13-19(21)4-2/h7-10,12-15H,3-6,11,16-17H2,1-2H3,(H,25,26)(H,27,28). The van der Waals surface area contributed by atoms with Gasteiger partial charge in [-0.05, 0) is 47.9 Å². The van der Waals surface area contributed by atoms with E-state index in [4.69, 9.17) is 5.11 Å². The molecule has 2 rings (SSSR count). The Kier molecular flexibility index (Phi) is 7.80. The maximum absolute atomic E-state index is 12.8. The fourth-order valence-electron chi connectivity index (χ4n) is 4.08. The Labute approximate surface area is 167 Å². The molecule has 0 atom stereocenters. The van der Waals surface area contributed by atoms with Gasteiger partial charge in [-0.2, -0.15) is 0 Å². The third-order valence-electron chi connectivity index (χ3n) is 5.52. The predicted octanol–water partition coefficient (Wildman–Crippen LogP) is 5.22. The third kappa shape index (κ3) is 4.61. The number of carboxylic acids is 2. The minimum atomic E-state index is -1.12. The number of hydrogen-bond acceptors (Lipinski definition) is 2. The van der Waals surface area contributed by atoms with Crippen LogP contribution in [-0.2, 0) is 27.8 Å². The lowest BCUT2D eigenvalue weighted by atomic mass is 9.67. The molecule has 0 bridgehead atoms. The summed E-state index contributed by atoms with van der Waals surface area (Å²) in [7, 11) is 0. The molecule has 2 N–H and O–H groups in total. The molecular weight excluding hydrogens is 352 g/mol. The van der Waals surface area contributed by atoms with Gasteiger partial charge in [-0.1, -0.05) is 75.2 Å². The molecule has 0 saturated carbocycles. The largest absolute Gasteiger partial charge is 0.481 e. The van der Waals surface area contributed by atoms with E-state index in [0.717, 1.165) is 35.1 Å². The van der Waals surface area contributed by atoms with Crippen LogP contribution in [-0.4, -0.2) is 22.2 Å². The van der Waals surface area contributed by atoms with E-state index in [1.54, 1.807) is 0 Å². The topological polar surface area (TPSA) is 74.6 Å². The number of aliphatic carboxylic acids is 2. The van der Waals surface area contributed by atoms with E-state index in [-0.39, 0.29) is 6.42 Å². The highest BCUT2D eigenvalue weighted by atomic mass is 16.4. The van der Waals surface area contributed by atoms with E-state index >= 15 is 0 Å². The van der Waals surface area contributed by atoms with Crippen molar-refractivity contribution in [3.05, 3.63) is 70.8 Å². The van der Waals surface area contributed by atoms with Gasteiger partial charge in [0, 0.05) is 6.42 Å². The van der Waals surface area contributed by atoms with E-state index in [2.05, 4.69) is 0 Å². The van der Waals surface area contributed by atoms with Crippen LogP contribution in [0.3, 0.4) is 0 Å². The van der Waals surface area contributed by atoms with Gasteiger partial charge < -0.3 is 10.2 Å². The summed E-state index contributed by atoms with van der Waals surface area (Å²) in [6.07, 6.45) is 4.03. The van der Waals surface area contributed by atoms with Crippen molar-refractivity contribution < 1.29 is 19.8 Å². The Balaban J connectivity index is 2.55. The number of aryl methyl sites for hydroxylation is 2. The smallest absolute Gasteiger partial charge is 0.318 e. The van der Waals surface area contributed by atoms with Crippen LogP contribution < -0.4 is 0 Å². The molecule has 150 valence electrons. The summed E-state index contributed by atoms with van der Waals surface area (Å²) < 4.78 is 0. The number of benzene rings is 2. The SMILES string of the molecule is CCc1ccccc1C(CCCCCC(=O)O)(C(=O)O)c1ccccc1CC. The highest BCUT2D eigenvalue weighted by Crippen LogP contribution is 2.41. The average molecular weight is 383 g/mol. The lowest BCUT2D eigenvalue weighted by molar-refractivity contribution is -0.142. The maximum atomic E-state index is 12.8. The lowest BCUT2D eigenvalue weighted by Gasteiger charge is -2.34. The zero-order valence-electron chi connectivity index (χ0n) is 16.8. The molecule has 2 aromatic carbocycles. The Morgan fingerprint density at radius 1 is 0.786 bits per heavy atom. The second-order valence-electron chi connectivity index (χ2n) is 7.19. The van der Waals surface area contributed by atoms with E-state index in [1.807, 2.05) is 62.4 Å². The van der Waals surface area contributed by atoms with Crippen LogP contribution >= 0.6 is 0 Å². The molecule has 4 nitrogen and oxygen atoms in total. The van der Waals surface area contributed by atoms with Crippen LogP contribution in [0.25, 0.3) is 0 Å². The van der Waals surface area contributed by atoms with Crippen molar-refractivity contribution in [2.24, 2.45) is 0 Å². The quantitative estimate of drug-likeness (QED) is 0.523. The summed E-state index contributed by atoms with van der Waals surface area (Å²) in [4.78, 5) is 23.6. The number of hydrogen-bond donors (Lipinski definition) is 2. The molecule has 0 aromatic heterocycles. The number of rotatable bonds is 11. The summed E-state index contributed by atoms with van der Waals surface area (Å²) in [5, 5.41) is 19.4. The number of carboxylic acid groups (broad SMARTS) is 2. The van der Waals surface area contributed by atoms with E-state index in [0.29, 0.717) is 25.7 Å². The Hall–Kier alpha value is -2.62. The first-order valence-corrected chi connectivity index (χ1v) is 10.1. The minimum absolute atomic E-state index is 0.122. The second kappa shape index (κ2) is 10.1. The van der Waals surface area contributed by atoms with Gasteiger partial charge in [-0.3, -0.25) is 9.59 Å². The molecule has 0 heterocycles. The van der Waals surface area contributed by atoms with Gasteiger partial charge in [0.25, 0.3) is 0 Å². The zero-order chi connectivity index (χ0) is 20.6.